The Morgan fingerprint density at radius 1 is 1.33 bits per heavy atom. The van der Waals surface area contributed by atoms with Crippen molar-refractivity contribution in [2.75, 3.05) is 18.5 Å². The first-order valence-electron chi connectivity index (χ1n) is 6.69. The van der Waals surface area contributed by atoms with Gasteiger partial charge in [0.1, 0.15) is 0 Å². The van der Waals surface area contributed by atoms with Crippen LogP contribution in [0.1, 0.15) is 36.8 Å². The predicted octanol–water partition coefficient (Wildman–Crippen LogP) is 2.78. The molecule has 1 fully saturated rings. The number of rotatable bonds is 2. The Balaban J connectivity index is 2.04. The molecule has 0 spiro atoms. The van der Waals surface area contributed by atoms with Crippen molar-refractivity contribution in [3.8, 4) is 0 Å². The van der Waals surface area contributed by atoms with Crippen LogP contribution in [-0.4, -0.2) is 19.7 Å². The summed E-state index contributed by atoms with van der Waals surface area (Å²) < 4.78 is 0. The Bertz CT molecular complexity index is 511. The Kier molecular flexibility index (Phi) is 2.71. The molecule has 0 N–H and O–H groups in total. The lowest BCUT2D eigenvalue weighted by Crippen LogP contribution is -2.19. The van der Waals surface area contributed by atoms with Crippen molar-refractivity contribution in [2.24, 2.45) is 4.99 Å². The number of nitrogens with zero attached hydrogens (tertiary/aromatic N) is 2. The summed E-state index contributed by atoms with van der Waals surface area (Å²) >= 11 is 0. The second kappa shape index (κ2) is 4.25. The van der Waals surface area contributed by atoms with Gasteiger partial charge in [0.15, 0.2) is 0 Å². The van der Waals surface area contributed by atoms with Gasteiger partial charge in [0, 0.05) is 19.3 Å². The van der Waals surface area contributed by atoms with E-state index in [1.807, 2.05) is 0 Å². The van der Waals surface area contributed by atoms with E-state index in [1.54, 1.807) is 6.08 Å². The van der Waals surface area contributed by atoms with Crippen molar-refractivity contribution < 1.29 is 4.79 Å². The van der Waals surface area contributed by atoms with Crippen molar-refractivity contribution in [1.82, 2.24) is 0 Å². The molecule has 0 bridgehead atoms. The van der Waals surface area contributed by atoms with Crippen LogP contribution in [-0.2, 0) is 16.8 Å². The van der Waals surface area contributed by atoms with Crippen molar-refractivity contribution >= 4 is 11.8 Å². The molecule has 3 nitrogen and oxygen atoms in total. The Morgan fingerprint density at radius 3 is 2.83 bits per heavy atom. The Labute approximate surface area is 108 Å². The normalized spacial score (nSPS) is 20.6. The number of hydrogen-bond donors (Lipinski definition) is 0. The second-order valence-electron chi connectivity index (χ2n) is 5.46. The maximum Gasteiger partial charge on any atom is 0.235 e. The van der Waals surface area contributed by atoms with Crippen LogP contribution in [0.5, 0.6) is 0 Å². The third-order valence-electron chi connectivity index (χ3n) is 4.44. The summed E-state index contributed by atoms with van der Waals surface area (Å²) in [6.45, 7) is 1.09. The highest BCUT2D eigenvalue weighted by Crippen LogP contribution is 2.43. The van der Waals surface area contributed by atoms with E-state index in [-0.39, 0.29) is 5.54 Å². The van der Waals surface area contributed by atoms with Crippen LogP contribution < -0.4 is 4.90 Å². The lowest BCUT2D eigenvalue weighted by atomic mass is 9.87. The lowest BCUT2D eigenvalue weighted by Gasteiger charge is -2.24. The highest BCUT2D eigenvalue weighted by Gasteiger charge is 2.36. The molecular formula is C15H18N2O. The number of carbonyl (C=O) groups excluding carboxylic acids is 1. The zero-order chi connectivity index (χ0) is 12.6. The van der Waals surface area contributed by atoms with E-state index in [2.05, 4.69) is 35.1 Å². The molecule has 1 aromatic carbocycles. The molecule has 2 aliphatic rings. The number of likely N-dealkylation sites (N-methyl/N-ethyl adjacent to an activating group) is 1. The second-order valence-corrected chi connectivity index (χ2v) is 5.46. The van der Waals surface area contributed by atoms with Crippen LogP contribution in [0, 0.1) is 0 Å². The maximum absolute atomic E-state index is 10.7. The fraction of sp³-hybridized carbons (Fsp3) is 0.533. The predicted molar refractivity (Wildman–Crippen MR) is 71.7 cm³/mol. The van der Waals surface area contributed by atoms with Crippen molar-refractivity contribution in [2.45, 2.75) is 37.6 Å². The van der Waals surface area contributed by atoms with Gasteiger partial charge in [-0.25, -0.2) is 4.79 Å². The summed E-state index contributed by atoms with van der Waals surface area (Å²) in [7, 11) is 2.13. The molecule has 0 saturated heterocycles. The number of benzene rings is 1. The van der Waals surface area contributed by atoms with E-state index in [1.165, 1.54) is 16.8 Å². The van der Waals surface area contributed by atoms with E-state index in [4.69, 9.17) is 0 Å². The van der Waals surface area contributed by atoms with Crippen molar-refractivity contribution in [1.29, 1.82) is 0 Å². The fourth-order valence-electron chi connectivity index (χ4n) is 3.37. The first kappa shape index (κ1) is 11.5. The van der Waals surface area contributed by atoms with Crippen molar-refractivity contribution in [3.05, 3.63) is 29.3 Å². The SMILES string of the molecule is CN1CCc2cc(C3(N=C=O)CCCC3)ccc21. The van der Waals surface area contributed by atoms with E-state index < -0.39 is 0 Å². The number of hydrogen-bond acceptors (Lipinski definition) is 3. The molecule has 1 aliphatic carbocycles. The van der Waals surface area contributed by atoms with E-state index in [9.17, 15) is 4.79 Å². The Hall–Kier alpha value is -1.60. The number of aliphatic imine (C=N–C) groups is 1. The quantitative estimate of drug-likeness (QED) is 0.590. The van der Waals surface area contributed by atoms with Crippen LogP contribution >= 0.6 is 0 Å². The van der Waals surface area contributed by atoms with Gasteiger partial charge in [-0.1, -0.05) is 25.0 Å². The molecular weight excluding hydrogens is 224 g/mol. The Morgan fingerprint density at radius 2 is 2.11 bits per heavy atom. The topological polar surface area (TPSA) is 32.7 Å². The average Bonchev–Trinajstić information content (AvgIpc) is 2.98. The zero-order valence-corrected chi connectivity index (χ0v) is 10.8. The minimum Gasteiger partial charge on any atom is -0.374 e. The molecule has 3 rings (SSSR count). The first-order valence-corrected chi connectivity index (χ1v) is 6.69. The van der Waals surface area contributed by atoms with Gasteiger partial charge in [-0.15, -0.1) is 0 Å². The molecule has 0 amide bonds. The molecule has 1 saturated carbocycles. The number of isocyanates is 1. The van der Waals surface area contributed by atoms with Gasteiger partial charge in [0.05, 0.1) is 5.54 Å². The third kappa shape index (κ3) is 1.67. The molecule has 1 aromatic rings. The molecule has 1 aliphatic heterocycles. The first-order chi connectivity index (χ1) is 8.75. The minimum absolute atomic E-state index is 0.280. The van der Waals surface area contributed by atoms with Crippen LogP contribution in [0.4, 0.5) is 5.69 Å². The molecule has 94 valence electrons. The van der Waals surface area contributed by atoms with Gasteiger partial charge < -0.3 is 4.90 Å². The van der Waals surface area contributed by atoms with Crippen LogP contribution in [0.25, 0.3) is 0 Å². The van der Waals surface area contributed by atoms with Gasteiger partial charge in [0.2, 0.25) is 6.08 Å². The minimum atomic E-state index is -0.280. The molecule has 18 heavy (non-hydrogen) atoms. The number of anilines is 1. The summed E-state index contributed by atoms with van der Waals surface area (Å²) in [4.78, 5) is 17.2. The lowest BCUT2D eigenvalue weighted by molar-refractivity contribution is 0.455. The summed E-state index contributed by atoms with van der Waals surface area (Å²) in [5.74, 6) is 0. The van der Waals surface area contributed by atoms with Crippen LogP contribution in [0.3, 0.4) is 0 Å². The summed E-state index contributed by atoms with van der Waals surface area (Å²) in [6, 6.07) is 6.58. The molecule has 0 aromatic heterocycles. The standard InChI is InChI=1S/C15H18N2O/c1-17-9-6-12-10-13(4-5-14(12)17)15(16-11-18)7-2-3-8-15/h4-5,10H,2-3,6-9H2,1H3. The highest BCUT2D eigenvalue weighted by molar-refractivity contribution is 5.59. The fourth-order valence-corrected chi connectivity index (χ4v) is 3.37. The zero-order valence-electron chi connectivity index (χ0n) is 10.8. The van der Waals surface area contributed by atoms with Gasteiger partial charge >= 0.3 is 0 Å². The van der Waals surface area contributed by atoms with Gasteiger partial charge in [-0.2, -0.15) is 4.99 Å². The van der Waals surface area contributed by atoms with E-state index >= 15 is 0 Å². The molecule has 0 unspecified atom stereocenters. The molecule has 0 atom stereocenters. The van der Waals surface area contributed by atoms with Crippen molar-refractivity contribution in [3.63, 3.8) is 0 Å². The van der Waals surface area contributed by atoms with Crippen LogP contribution in [0.2, 0.25) is 0 Å². The number of fused-ring (bicyclic) bond motifs is 1. The largest absolute Gasteiger partial charge is 0.374 e. The maximum atomic E-state index is 10.7. The molecule has 3 heteroatoms. The van der Waals surface area contributed by atoms with Gasteiger partial charge in [-0.05, 0) is 36.5 Å². The van der Waals surface area contributed by atoms with E-state index in [0.29, 0.717) is 0 Å². The third-order valence-corrected chi connectivity index (χ3v) is 4.44. The van der Waals surface area contributed by atoms with Gasteiger partial charge in [-0.3, -0.25) is 0 Å². The monoisotopic (exact) mass is 242 g/mol. The average molecular weight is 242 g/mol. The summed E-state index contributed by atoms with van der Waals surface area (Å²) in [5, 5.41) is 0. The van der Waals surface area contributed by atoms with Gasteiger partial charge in [0.25, 0.3) is 0 Å². The molecule has 0 radical (unpaired) electrons. The highest BCUT2D eigenvalue weighted by atomic mass is 16.1. The smallest absolute Gasteiger partial charge is 0.235 e. The molecule has 1 heterocycles. The summed E-state index contributed by atoms with van der Waals surface area (Å²) in [5.41, 5.74) is 3.64. The van der Waals surface area contributed by atoms with Crippen LogP contribution in [0.15, 0.2) is 23.2 Å². The summed E-state index contributed by atoms with van der Waals surface area (Å²) in [6.07, 6.45) is 7.16. The van der Waals surface area contributed by atoms with E-state index in [0.717, 1.165) is 38.6 Å².